The molecule has 2 aromatic rings. The van der Waals surface area contributed by atoms with Gasteiger partial charge in [0.25, 0.3) is 0 Å². The number of hydrogen-bond acceptors (Lipinski definition) is 4. The van der Waals surface area contributed by atoms with E-state index in [-0.39, 0.29) is 48.1 Å². The fraction of sp³-hybridized carbons (Fsp3) is 0.581. The fourth-order valence-electron chi connectivity index (χ4n) is 6.22. The molecular formula is C31H37F6NO3. The molecule has 2 aliphatic rings. The largest absolute Gasteiger partial charge is 0.490 e. The highest BCUT2D eigenvalue weighted by Crippen LogP contribution is 2.40. The molecule has 2 aliphatic heterocycles. The van der Waals surface area contributed by atoms with Gasteiger partial charge in [-0.3, -0.25) is 9.69 Å². The molecule has 41 heavy (non-hydrogen) atoms. The van der Waals surface area contributed by atoms with Crippen molar-refractivity contribution >= 4 is 5.97 Å². The Kier molecular flexibility index (Phi) is 9.31. The third kappa shape index (κ3) is 7.37. The Morgan fingerprint density at radius 2 is 1.76 bits per heavy atom. The van der Waals surface area contributed by atoms with Crippen LogP contribution >= 0.6 is 0 Å². The zero-order chi connectivity index (χ0) is 30.1. The van der Waals surface area contributed by atoms with Crippen molar-refractivity contribution in [3.63, 3.8) is 0 Å². The molecule has 5 atom stereocenters. The molecule has 0 saturated carbocycles. The first kappa shape index (κ1) is 31.2. The molecule has 0 aromatic heterocycles. The molecule has 1 fully saturated rings. The van der Waals surface area contributed by atoms with Crippen LogP contribution in [0.3, 0.4) is 0 Å². The molecule has 0 aliphatic carbocycles. The van der Waals surface area contributed by atoms with Gasteiger partial charge in [0, 0.05) is 18.6 Å². The van der Waals surface area contributed by atoms with Crippen molar-refractivity contribution < 1.29 is 40.6 Å². The minimum Gasteiger partial charge on any atom is -0.490 e. The molecule has 0 bridgehead atoms. The molecule has 0 spiro atoms. The van der Waals surface area contributed by atoms with Gasteiger partial charge in [0.05, 0.1) is 24.2 Å². The van der Waals surface area contributed by atoms with Crippen LogP contribution in [-0.2, 0) is 41.3 Å². The number of nitrogens with zero attached hydrogens (tertiary/aromatic N) is 1. The second-order valence-electron chi connectivity index (χ2n) is 11.6. The predicted octanol–water partition coefficient (Wildman–Crippen LogP) is 7.85. The monoisotopic (exact) mass is 585 g/mol. The molecule has 5 unspecified atom stereocenters. The van der Waals surface area contributed by atoms with Crippen LogP contribution in [0.2, 0.25) is 0 Å². The quantitative estimate of drug-likeness (QED) is 0.234. The first-order valence-electron chi connectivity index (χ1n) is 14.1. The van der Waals surface area contributed by atoms with Crippen LogP contribution < -0.4 is 4.74 Å². The number of benzene rings is 2. The van der Waals surface area contributed by atoms with Crippen molar-refractivity contribution in [2.45, 2.75) is 96.4 Å². The zero-order valence-corrected chi connectivity index (χ0v) is 23.7. The standard InChI is InChI=1S/C31H37F6NO3/c1-18(27-12-8-22-7-6-21(15-28(22)41-27)13-19(2)29(39)40-4)14-25-10-5-20(3)38(25)17-23-16-24(30(32,33)34)9-11-26(23)31(35,36)37/h6-7,9,11,15-16,18-20,25,27H,5,8,10,12-14,17H2,1-4H3. The molecule has 0 N–H and O–H groups in total. The van der Waals surface area contributed by atoms with Crippen molar-refractivity contribution in [2.75, 3.05) is 7.11 Å². The summed E-state index contributed by atoms with van der Waals surface area (Å²) in [7, 11) is 1.36. The molecule has 2 heterocycles. The Labute approximate surface area is 237 Å². The van der Waals surface area contributed by atoms with Gasteiger partial charge in [0.15, 0.2) is 0 Å². The van der Waals surface area contributed by atoms with Crippen molar-refractivity contribution in [2.24, 2.45) is 11.8 Å². The minimum atomic E-state index is -4.75. The molecule has 0 radical (unpaired) electrons. The summed E-state index contributed by atoms with van der Waals surface area (Å²) in [6.07, 6.45) is -5.28. The molecule has 226 valence electrons. The molecule has 0 amide bonds. The number of ether oxygens (including phenoxy) is 2. The van der Waals surface area contributed by atoms with Crippen molar-refractivity contribution in [1.82, 2.24) is 4.90 Å². The van der Waals surface area contributed by atoms with E-state index in [1.165, 1.54) is 7.11 Å². The van der Waals surface area contributed by atoms with Gasteiger partial charge in [-0.2, -0.15) is 26.3 Å². The molecular weight excluding hydrogens is 548 g/mol. The number of hydrogen-bond donors (Lipinski definition) is 0. The Morgan fingerprint density at radius 3 is 2.41 bits per heavy atom. The van der Waals surface area contributed by atoms with Crippen LogP contribution in [-0.4, -0.2) is 36.2 Å². The van der Waals surface area contributed by atoms with Crippen molar-refractivity contribution in [1.29, 1.82) is 0 Å². The average molecular weight is 586 g/mol. The highest BCUT2D eigenvalue weighted by Gasteiger charge is 2.40. The van der Waals surface area contributed by atoms with Crippen LogP contribution in [0.5, 0.6) is 5.75 Å². The van der Waals surface area contributed by atoms with E-state index in [0.717, 1.165) is 42.6 Å². The van der Waals surface area contributed by atoms with Gasteiger partial charge in [-0.1, -0.05) is 26.0 Å². The third-order valence-electron chi connectivity index (χ3n) is 8.58. The first-order valence-corrected chi connectivity index (χ1v) is 14.1. The highest BCUT2D eigenvalue weighted by atomic mass is 19.4. The van der Waals surface area contributed by atoms with Crippen LogP contribution in [0, 0.1) is 11.8 Å². The number of methoxy groups -OCH3 is 1. The van der Waals surface area contributed by atoms with E-state index < -0.39 is 23.5 Å². The number of likely N-dealkylation sites (tertiary alicyclic amines) is 1. The normalized spacial score (nSPS) is 23.0. The van der Waals surface area contributed by atoms with E-state index >= 15 is 0 Å². The van der Waals surface area contributed by atoms with E-state index in [2.05, 4.69) is 6.92 Å². The Bertz CT molecular complexity index is 1230. The predicted molar refractivity (Wildman–Crippen MR) is 142 cm³/mol. The number of alkyl halides is 6. The summed E-state index contributed by atoms with van der Waals surface area (Å²) in [6.45, 7) is 5.58. The number of carbonyl (C=O) groups is 1. The summed E-state index contributed by atoms with van der Waals surface area (Å²) in [5.41, 5.74) is -0.404. The first-order chi connectivity index (χ1) is 19.2. The lowest BCUT2D eigenvalue weighted by atomic mass is 9.88. The lowest BCUT2D eigenvalue weighted by Gasteiger charge is -2.35. The maximum absolute atomic E-state index is 13.7. The maximum Gasteiger partial charge on any atom is 0.416 e. The number of rotatable bonds is 8. The van der Waals surface area contributed by atoms with Crippen LogP contribution in [0.15, 0.2) is 36.4 Å². The maximum atomic E-state index is 13.7. The van der Waals surface area contributed by atoms with Gasteiger partial charge in [-0.15, -0.1) is 0 Å². The Morgan fingerprint density at radius 1 is 1.02 bits per heavy atom. The summed E-state index contributed by atoms with van der Waals surface area (Å²) in [4.78, 5) is 13.8. The Hall–Kier alpha value is -2.75. The van der Waals surface area contributed by atoms with Gasteiger partial charge in [0.2, 0.25) is 0 Å². The third-order valence-corrected chi connectivity index (χ3v) is 8.58. The van der Waals surface area contributed by atoms with Crippen molar-refractivity contribution in [3.8, 4) is 5.75 Å². The van der Waals surface area contributed by atoms with Crippen LogP contribution in [0.25, 0.3) is 0 Å². The van der Waals surface area contributed by atoms with Gasteiger partial charge < -0.3 is 9.47 Å². The zero-order valence-electron chi connectivity index (χ0n) is 23.7. The summed E-state index contributed by atoms with van der Waals surface area (Å²) < 4.78 is 92.5. The lowest BCUT2D eigenvalue weighted by Crippen LogP contribution is -2.38. The Balaban J connectivity index is 1.47. The summed E-state index contributed by atoms with van der Waals surface area (Å²) >= 11 is 0. The molecule has 4 rings (SSSR count). The number of fused-ring (bicyclic) bond motifs is 1. The SMILES string of the molecule is COC(=O)C(C)Cc1ccc2c(c1)OC(C(C)CC1CCC(C)N1Cc1cc(C(F)(F)F)ccc1C(F)(F)F)CC2. The van der Waals surface area contributed by atoms with Crippen molar-refractivity contribution in [3.05, 3.63) is 64.2 Å². The molecule has 1 saturated heterocycles. The van der Waals surface area contributed by atoms with Gasteiger partial charge in [-0.05, 0) is 92.3 Å². The van der Waals surface area contributed by atoms with Gasteiger partial charge in [-0.25, -0.2) is 0 Å². The van der Waals surface area contributed by atoms with Gasteiger partial charge >= 0.3 is 18.3 Å². The van der Waals surface area contributed by atoms with Crippen LogP contribution in [0.4, 0.5) is 26.3 Å². The second kappa shape index (κ2) is 12.2. The number of halogens is 6. The fourth-order valence-corrected chi connectivity index (χ4v) is 6.22. The molecule has 4 nitrogen and oxygen atoms in total. The topological polar surface area (TPSA) is 38.8 Å². The average Bonchev–Trinajstić information content (AvgIpc) is 3.24. The van der Waals surface area contributed by atoms with E-state index in [1.54, 1.807) is 0 Å². The van der Waals surface area contributed by atoms with E-state index in [0.29, 0.717) is 31.0 Å². The summed E-state index contributed by atoms with van der Waals surface area (Å²) in [6, 6.07) is 7.53. The molecule has 10 heteroatoms. The van der Waals surface area contributed by atoms with Gasteiger partial charge in [0.1, 0.15) is 11.9 Å². The molecule has 2 aromatic carbocycles. The highest BCUT2D eigenvalue weighted by molar-refractivity contribution is 5.72. The smallest absolute Gasteiger partial charge is 0.416 e. The lowest BCUT2D eigenvalue weighted by molar-refractivity contribution is -0.144. The summed E-state index contributed by atoms with van der Waals surface area (Å²) in [5.74, 6) is 0.277. The minimum absolute atomic E-state index is 0.0600. The van der Waals surface area contributed by atoms with E-state index in [1.807, 2.05) is 36.9 Å². The number of esters is 1. The van der Waals surface area contributed by atoms with E-state index in [9.17, 15) is 31.1 Å². The number of carbonyl (C=O) groups excluding carboxylic acids is 1. The second-order valence-corrected chi connectivity index (χ2v) is 11.6. The number of aryl methyl sites for hydroxylation is 1. The van der Waals surface area contributed by atoms with E-state index in [4.69, 9.17) is 9.47 Å². The summed E-state index contributed by atoms with van der Waals surface area (Å²) in [5, 5.41) is 0. The van der Waals surface area contributed by atoms with Crippen LogP contribution in [0.1, 0.15) is 74.3 Å².